The highest BCUT2D eigenvalue weighted by Gasteiger charge is 2.42. The number of fused-ring (bicyclic) bond motifs is 1. The number of nitriles is 1. The minimum Gasteiger partial charge on any atom is -0.384 e. The number of anilines is 1. The quantitative estimate of drug-likeness (QED) is 0.307. The number of hydrogen-bond donors (Lipinski definition) is 1. The molecule has 6 nitrogen and oxygen atoms in total. The summed E-state index contributed by atoms with van der Waals surface area (Å²) >= 11 is 7.38. The molecule has 0 fully saturated rings. The first-order valence-corrected chi connectivity index (χ1v) is 12.9. The summed E-state index contributed by atoms with van der Waals surface area (Å²) in [5.41, 5.74) is 10.0. The normalized spacial score (nSPS) is 17.8. The van der Waals surface area contributed by atoms with E-state index in [0.29, 0.717) is 46.2 Å². The monoisotopic (exact) mass is 527 g/mol. The van der Waals surface area contributed by atoms with Crippen LogP contribution in [0.4, 0.5) is 9.52 Å². The third-order valence-corrected chi connectivity index (χ3v) is 7.83. The molecule has 2 aromatic heterocycles. The van der Waals surface area contributed by atoms with E-state index in [1.807, 2.05) is 29.6 Å². The molecule has 1 aliphatic heterocycles. The number of carbonyl (C=O) groups excluding carboxylic acids is 1. The van der Waals surface area contributed by atoms with Crippen LogP contribution in [0.15, 0.2) is 82.6 Å². The van der Waals surface area contributed by atoms with Crippen LogP contribution >= 0.6 is 22.9 Å². The molecule has 2 aromatic carbocycles. The average molecular weight is 528 g/mol. The number of carbonyl (C=O) groups is 1. The van der Waals surface area contributed by atoms with Crippen LogP contribution in [0.3, 0.4) is 0 Å². The molecule has 1 atom stereocenters. The van der Waals surface area contributed by atoms with Crippen LogP contribution in [0.5, 0.6) is 0 Å². The van der Waals surface area contributed by atoms with Crippen LogP contribution in [-0.2, 0) is 4.79 Å². The van der Waals surface area contributed by atoms with Gasteiger partial charge in [-0.15, -0.1) is 11.3 Å². The number of allylic oxidation sites excluding steroid dienone is 3. The van der Waals surface area contributed by atoms with Gasteiger partial charge in [-0.05, 0) is 37.1 Å². The lowest BCUT2D eigenvalue weighted by atomic mass is 9.76. The van der Waals surface area contributed by atoms with E-state index in [-0.39, 0.29) is 22.7 Å². The Morgan fingerprint density at radius 2 is 1.92 bits per heavy atom. The summed E-state index contributed by atoms with van der Waals surface area (Å²) in [4.78, 5) is 23.9. The minimum absolute atomic E-state index is 0.105. The summed E-state index contributed by atoms with van der Waals surface area (Å²) in [5.74, 6) is -1.64. The van der Waals surface area contributed by atoms with E-state index >= 15 is 4.39 Å². The van der Waals surface area contributed by atoms with Crippen molar-refractivity contribution in [2.75, 3.05) is 4.90 Å². The van der Waals surface area contributed by atoms with Crippen LogP contribution < -0.4 is 10.6 Å². The van der Waals surface area contributed by atoms with Gasteiger partial charge in [-0.25, -0.2) is 9.97 Å². The zero-order valence-corrected chi connectivity index (χ0v) is 21.0. The zero-order valence-electron chi connectivity index (χ0n) is 19.4. The van der Waals surface area contributed by atoms with E-state index in [9.17, 15) is 10.1 Å². The molecule has 1 unspecified atom stereocenters. The average Bonchev–Trinajstić information content (AvgIpc) is 3.38. The molecule has 9 heteroatoms. The number of pyridine rings is 1. The van der Waals surface area contributed by atoms with Crippen LogP contribution in [0.25, 0.3) is 22.2 Å². The van der Waals surface area contributed by atoms with Crippen molar-refractivity contribution in [1.29, 1.82) is 5.26 Å². The molecule has 0 saturated carbocycles. The Hall–Kier alpha value is -4.06. The molecular formula is C28H19ClFN5OS. The number of aromatic nitrogens is 2. The number of nitrogens with two attached hydrogens (primary N) is 1. The van der Waals surface area contributed by atoms with Gasteiger partial charge in [-0.2, -0.15) is 9.65 Å². The Balaban J connectivity index is 1.53. The second-order valence-electron chi connectivity index (χ2n) is 8.90. The number of ketones is 1. The van der Waals surface area contributed by atoms with Crippen molar-refractivity contribution in [2.45, 2.75) is 25.2 Å². The third kappa shape index (κ3) is 3.88. The molecular weight excluding hydrogens is 509 g/mol. The van der Waals surface area contributed by atoms with E-state index < -0.39 is 11.9 Å². The van der Waals surface area contributed by atoms with Gasteiger partial charge >= 0.3 is 0 Å². The number of Topliss-reactive ketones (excluding diaryl/α,β-unsaturated/α-hetero) is 1. The number of thiazole rings is 1. The molecule has 6 rings (SSSR count). The number of rotatable bonds is 3. The fraction of sp³-hybridized carbons (Fsp3) is 0.143. The Morgan fingerprint density at radius 3 is 2.70 bits per heavy atom. The molecule has 0 radical (unpaired) electrons. The summed E-state index contributed by atoms with van der Waals surface area (Å²) in [6, 6.07) is 18.3. The van der Waals surface area contributed by atoms with Gasteiger partial charge in [0.25, 0.3) is 0 Å². The van der Waals surface area contributed by atoms with Crippen LogP contribution in [-0.4, -0.2) is 15.8 Å². The number of nitrogens with zero attached hydrogens (tertiary/aromatic N) is 4. The Labute approximate surface area is 221 Å². The molecule has 0 amide bonds. The van der Waals surface area contributed by atoms with Crippen LogP contribution in [0.1, 0.15) is 30.7 Å². The lowest BCUT2D eigenvalue weighted by molar-refractivity contribution is -0.116. The van der Waals surface area contributed by atoms with Gasteiger partial charge in [0.2, 0.25) is 5.95 Å². The molecule has 0 spiro atoms. The number of benzene rings is 2. The predicted octanol–water partition coefficient (Wildman–Crippen LogP) is 6.46. The fourth-order valence-corrected chi connectivity index (χ4v) is 6.04. The molecule has 2 N–H and O–H groups in total. The van der Waals surface area contributed by atoms with Gasteiger partial charge in [0.05, 0.1) is 28.8 Å². The van der Waals surface area contributed by atoms with E-state index in [2.05, 4.69) is 11.1 Å². The van der Waals surface area contributed by atoms with Crippen molar-refractivity contribution in [3.8, 4) is 17.3 Å². The molecule has 0 saturated heterocycles. The van der Waals surface area contributed by atoms with Crippen LogP contribution in [0.2, 0.25) is 5.02 Å². The molecule has 3 heterocycles. The minimum atomic E-state index is -0.933. The standard InChI is InChI=1S/C28H19ClFN5OS/c29-17-10-8-15(9-11-17)21-14-37-28(34-21)35-22-6-3-7-23(36)25(22)24(19(13-31)27(35)32)18-12-16-4-1-2-5-20(16)33-26(18)30/h1-2,4-5,8-12,14,24H,3,6-7,32H2. The molecule has 37 heavy (non-hydrogen) atoms. The highest BCUT2D eigenvalue weighted by Crippen LogP contribution is 2.47. The smallest absolute Gasteiger partial charge is 0.217 e. The molecule has 182 valence electrons. The molecule has 1 aliphatic carbocycles. The van der Waals surface area contributed by atoms with Gasteiger partial charge in [0, 0.05) is 44.6 Å². The van der Waals surface area contributed by atoms with E-state index in [4.69, 9.17) is 22.3 Å². The highest BCUT2D eigenvalue weighted by molar-refractivity contribution is 7.14. The molecule has 2 aliphatic rings. The number of halogens is 2. The van der Waals surface area contributed by atoms with Crippen LogP contribution in [0, 0.1) is 17.3 Å². The highest BCUT2D eigenvalue weighted by atomic mass is 35.5. The summed E-state index contributed by atoms with van der Waals surface area (Å²) in [5, 5.41) is 14.0. The summed E-state index contributed by atoms with van der Waals surface area (Å²) in [7, 11) is 0. The maximum absolute atomic E-state index is 15.4. The van der Waals surface area contributed by atoms with Crippen molar-refractivity contribution in [3.05, 3.63) is 99.2 Å². The third-order valence-electron chi connectivity index (χ3n) is 6.75. The fourth-order valence-electron chi connectivity index (χ4n) is 5.05. The topological polar surface area (TPSA) is 95.9 Å². The first-order valence-electron chi connectivity index (χ1n) is 11.7. The van der Waals surface area contributed by atoms with Gasteiger partial charge in [-0.3, -0.25) is 9.69 Å². The lowest BCUT2D eigenvalue weighted by Gasteiger charge is -2.38. The molecule has 0 bridgehead atoms. The Bertz CT molecular complexity index is 1680. The first kappa shape index (κ1) is 23.3. The SMILES string of the molecule is N#CC1=C(N)N(c2nc(-c3ccc(Cl)cc3)cs2)C2=C(C(=O)CCC2)C1c1cc2ccccc2nc1F. The van der Waals surface area contributed by atoms with E-state index in [1.54, 1.807) is 35.2 Å². The number of para-hydroxylation sites is 1. The van der Waals surface area contributed by atoms with E-state index in [1.165, 1.54) is 11.3 Å². The zero-order chi connectivity index (χ0) is 25.7. The lowest BCUT2D eigenvalue weighted by Crippen LogP contribution is -2.39. The van der Waals surface area contributed by atoms with Crippen molar-refractivity contribution in [3.63, 3.8) is 0 Å². The maximum atomic E-state index is 15.4. The second kappa shape index (κ2) is 9.11. The van der Waals surface area contributed by atoms with Gasteiger partial charge in [-0.1, -0.05) is 41.9 Å². The Kier molecular flexibility index (Phi) is 5.75. The Morgan fingerprint density at radius 1 is 1.14 bits per heavy atom. The van der Waals surface area contributed by atoms with Gasteiger partial charge < -0.3 is 5.73 Å². The number of hydrogen-bond acceptors (Lipinski definition) is 7. The van der Waals surface area contributed by atoms with Crippen molar-refractivity contribution < 1.29 is 9.18 Å². The van der Waals surface area contributed by atoms with Gasteiger partial charge in [0.15, 0.2) is 10.9 Å². The predicted molar refractivity (Wildman–Crippen MR) is 142 cm³/mol. The first-order chi connectivity index (χ1) is 18.0. The second-order valence-corrected chi connectivity index (χ2v) is 10.2. The van der Waals surface area contributed by atoms with E-state index in [0.717, 1.165) is 16.6 Å². The van der Waals surface area contributed by atoms with Crippen molar-refractivity contribution in [2.24, 2.45) is 5.73 Å². The molecule has 4 aromatic rings. The van der Waals surface area contributed by atoms with Crippen molar-refractivity contribution >= 4 is 44.8 Å². The largest absolute Gasteiger partial charge is 0.384 e. The van der Waals surface area contributed by atoms with Gasteiger partial charge in [0.1, 0.15) is 5.82 Å². The maximum Gasteiger partial charge on any atom is 0.217 e. The summed E-state index contributed by atoms with van der Waals surface area (Å²) in [6.07, 6.45) is 1.50. The van der Waals surface area contributed by atoms with Crippen molar-refractivity contribution in [1.82, 2.24) is 9.97 Å². The summed E-state index contributed by atoms with van der Waals surface area (Å²) in [6.45, 7) is 0. The summed E-state index contributed by atoms with van der Waals surface area (Å²) < 4.78 is 15.4.